The van der Waals surface area contributed by atoms with Gasteiger partial charge in [-0.25, -0.2) is 4.90 Å². The Morgan fingerprint density at radius 3 is 1.89 bits per heavy atom. The summed E-state index contributed by atoms with van der Waals surface area (Å²) in [6, 6.07) is 0. The van der Waals surface area contributed by atoms with Gasteiger partial charge in [-0.05, 0) is 19.8 Å². The molecule has 0 N–H and O–H groups in total. The van der Waals surface area contributed by atoms with Gasteiger partial charge in [0.2, 0.25) is 0 Å². The van der Waals surface area contributed by atoms with Crippen molar-refractivity contribution in [3.05, 3.63) is 0 Å². The lowest BCUT2D eigenvalue weighted by Crippen LogP contribution is -2.35. The van der Waals surface area contributed by atoms with Crippen LogP contribution in [0.1, 0.15) is 46.5 Å². The third-order valence-electron chi connectivity index (χ3n) is 2.49. The summed E-state index contributed by atoms with van der Waals surface area (Å²) in [6.07, 6.45) is 4.27. The third-order valence-corrected chi connectivity index (χ3v) is 2.49. The molecular formula is C14H29NO4. The van der Waals surface area contributed by atoms with Gasteiger partial charge in [-0.1, -0.05) is 26.7 Å². The first-order valence-corrected chi connectivity index (χ1v) is 7.28. The van der Waals surface area contributed by atoms with Crippen LogP contribution < -0.4 is 0 Å². The second kappa shape index (κ2) is 13.8. The Morgan fingerprint density at radius 1 is 0.947 bits per heavy atom. The molecule has 0 aromatic carbocycles. The summed E-state index contributed by atoms with van der Waals surface area (Å²) in [5, 5.41) is 0. The maximum absolute atomic E-state index is 11.5. The van der Waals surface area contributed by atoms with E-state index in [4.69, 9.17) is 14.2 Å². The van der Waals surface area contributed by atoms with Crippen LogP contribution in [0.2, 0.25) is 0 Å². The second-order valence-electron chi connectivity index (χ2n) is 4.42. The van der Waals surface area contributed by atoms with Crippen molar-refractivity contribution in [1.82, 2.24) is 4.90 Å². The van der Waals surface area contributed by atoms with E-state index < -0.39 is 0 Å². The fourth-order valence-electron chi connectivity index (χ4n) is 1.40. The van der Waals surface area contributed by atoms with Crippen LogP contribution in [0.3, 0.4) is 0 Å². The Labute approximate surface area is 117 Å². The standard InChI is InChI=1S/C14H29NO4/c1-4-7-9-17-12-15(11-14(16)19-6-3)13-18-10-8-5-2/h4-13H2,1-3H3. The maximum atomic E-state index is 11.5. The summed E-state index contributed by atoms with van der Waals surface area (Å²) in [4.78, 5) is 13.3. The van der Waals surface area contributed by atoms with Gasteiger partial charge in [-0.15, -0.1) is 0 Å². The first-order chi connectivity index (χ1) is 9.24. The molecule has 0 spiro atoms. The average Bonchev–Trinajstić information content (AvgIpc) is 2.39. The number of hydrogen-bond acceptors (Lipinski definition) is 5. The van der Waals surface area contributed by atoms with Gasteiger partial charge in [-0.3, -0.25) is 4.79 Å². The fraction of sp³-hybridized carbons (Fsp3) is 0.929. The van der Waals surface area contributed by atoms with Crippen LogP contribution in [0, 0.1) is 0 Å². The minimum absolute atomic E-state index is 0.214. The molecule has 0 atom stereocenters. The molecule has 114 valence electrons. The summed E-state index contributed by atoms with van der Waals surface area (Å²) >= 11 is 0. The number of esters is 1. The topological polar surface area (TPSA) is 48.0 Å². The Morgan fingerprint density at radius 2 is 1.47 bits per heavy atom. The fourth-order valence-corrected chi connectivity index (χ4v) is 1.40. The Balaban J connectivity index is 3.88. The first kappa shape index (κ1) is 18.4. The van der Waals surface area contributed by atoms with E-state index in [-0.39, 0.29) is 12.5 Å². The molecule has 0 aliphatic heterocycles. The summed E-state index contributed by atoms with van der Waals surface area (Å²) in [7, 11) is 0. The number of carbonyl (C=O) groups is 1. The van der Waals surface area contributed by atoms with Crippen LogP contribution in [-0.2, 0) is 19.0 Å². The van der Waals surface area contributed by atoms with E-state index in [1.54, 1.807) is 6.92 Å². The van der Waals surface area contributed by atoms with Crippen molar-refractivity contribution in [2.75, 3.05) is 39.8 Å². The molecule has 5 heteroatoms. The summed E-state index contributed by atoms with van der Waals surface area (Å²) < 4.78 is 16.0. The van der Waals surface area contributed by atoms with E-state index in [1.807, 2.05) is 4.90 Å². The molecule has 0 aromatic rings. The molecule has 0 aliphatic carbocycles. The van der Waals surface area contributed by atoms with Gasteiger partial charge in [0.15, 0.2) is 0 Å². The predicted molar refractivity (Wildman–Crippen MR) is 74.8 cm³/mol. The van der Waals surface area contributed by atoms with Crippen LogP contribution in [-0.4, -0.2) is 50.7 Å². The van der Waals surface area contributed by atoms with Crippen LogP contribution in [0.4, 0.5) is 0 Å². The zero-order valence-electron chi connectivity index (χ0n) is 12.7. The van der Waals surface area contributed by atoms with Crippen molar-refractivity contribution in [3.63, 3.8) is 0 Å². The normalized spacial score (nSPS) is 10.9. The molecular weight excluding hydrogens is 246 g/mol. The smallest absolute Gasteiger partial charge is 0.320 e. The highest BCUT2D eigenvalue weighted by Crippen LogP contribution is 1.97. The largest absolute Gasteiger partial charge is 0.465 e. The van der Waals surface area contributed by atoms with Gasteiger partial charge in [0, 0.05) is 13.2 Å². The van der Waals surface area contributed by atoms with Crippen LogP contribution in [0.5, 0.6) is 0 Å². The first-order valence-electron chi connectivity index (χ1n) is 7.28. The summed E-state index contributed by atoms with van der Waals surface area (Å²) in [5.74, 6) is -0.235. The highest BCUT2D eigenvalue weighted by molar-refractivity contribution is 5.71. The summed E-state index contributed by atoms with van der Waals surface area (Å²) in [5.41, 5.74) is 0. The number of hydrogen-bond donors (Lipinski definition) is 0. The van der Waals surface area contributed by atoms with Crippen molar-refractivity contribution in [3.8, 4) is 0 Å². The minimum atomic E-state index is -0.235. The van der Waals surface area contributed by atoms with Gasteiger partial charge in [0.1, 0.15) is 20.0 Å². The highest BCUT2D eigenvalue weighted by Gasteiger charge is 2.11. The minimum Gasteiger partial charge on any atom is -0.465 e. The van der Waals surface area contributed by atoms with E-state index in [0.29, 0.717) is 33.3 Å². The lowest BCUT2D eigenvalue weighted by atomic mass is 10.4. The molecule has 0 aromatic heterocycles. The molecule has 0 rings (SSSR count). The van der Waals surface area contributed by atoms with Gasteiger partial charge in [-0.2, -0.15) is 0 Å². The molecule has 0 amide bonds. The van der Waals surface area contributed by atoms with Crippen LogP contribution >= 0.6 is 0 Å². The van der Waals surface area contributed by atoms with Gasteiger partial charge in [0.25, 0.3) is 0 Å². The molecule has 0 radical (unpaired) electrons. The van der Waals surface area contributed by atoms with Crippen LogP contribution in [0.15, 0.2) is 0 Å². The lowest BCUT2D eigenvalue weighted by molar-refractivity contribution is -0.148. The number of nitrogens with zero attached hydrogens (tertiary/aromatic N) is 1. The quantitative estimate of drug-likeness (QED) is 0.293. The monoisotopic (exact) mass is 275 g/mol. The van der Waals surface area contributed by atoms with Gasteiger partial charge < -0.3 is 14.2 Å². The van der Waals surface area contributed by atoms with Crippen molar-refractivity contribution < 1.29 is 19.0 Å². The SMILES string of the molecule is CCCCOCN(COCCCC)CC(=O)OCC. The molecule has 0 saturated carbocycles. The Kier molecular flexibility index (Phi) is 13.3. The Bertz CT molecular complexity index is 200. The van der Waals surface area contributed by atoms with Crippen molar-refractivity contribution >= 4 is 5.97 Å². The van der Waals surface area contributed by atoms with E-state index in [0.717, 1.165) is 25.7 Å². The molecule has 0 fully saturated rings. The van der Waals surface area contributed by atoms with E-state index >= 15 is 0 Å². The number of unbranched alkanes of at least 4 members (excludes halogenated alkanes) is 2. The zero-order chi connectivity index (χ0) is 14.3. The van der Waals surface area contributed by atoms with Crippen LogP contribution in [0.25, 0.3) is 0 Å². The molecule has 5 nitrogen and oxygen atoms in total. The second-order valence-corrected chi connectivity index (χ2v) is 4.42. The average molecular weight is 275 g/mol. The highest BCUT2D eigenvalue weighted by atomic mass is 16.5. The van der Waals surface area contributed by atoms with Crippen molar-refractivity contribution in [2.24, 2.45) is 0 Å². The predicted octanol–water partition coefficient (Wildman–Crippen LogP) is 2.40. The molecule has 0 bridgehead atoms. The van der Waals surface area contributed by atoms with Gasteiger partial charge >= 0.3 is 5.97 Å². The number of ether oxygens (including phenoxy) is 3. The van der Waals surface area contributed by atoms with Crippen molar-refractivity contribution in [1.29, 1.82) is 0 Å². The van der Waals surface area contributed by atoms with Crippen molar-refractivity contribution in [2.45, 2.75) is 46.5 Å². The number of carbonyl (C=O) groups excluding carboxylic acids is 1. The van der Waals surface area contributed by atoms with E-state index in [9.17, 15) is 4.79 Å². The maximum Gasteiger partial charge on any atom is 0.320 e. The lowest BCUT2D eigenvalue weighted by Gasteiger charge is -2.21. The van der Waals surface area contributed by atoms with E-state index in [2.05, 4.69) is 13.8 Å². The Hall–Kier alpha value is -0.650. The summed E-state index contributed by atoms with van der Waals surface area (Å²) in [6.45, 7) is 8.90. The molecule has 0 unspecified atom stereocenters. The zero-order valence-corrected chi connectivity index (χ0v) is 12.7. The molecule has 0 aliphatic rings. The molecule has 19 heavy (non-hydrogen) atoms. The number of rotatable bonds is 13. The van der Waals surface area contributed by atoms with E-state index in [1.165, 1.54) is 0 Å². The molecule has 0 heterocycles. The molecule has 0 saturated heterocycles. The third kappa shape index (κ3) is 12.1. The van der Waals surface area contributed by atoms with Gasteiger partial charge in [0.05, 0.1) is 6.61 Å².